The van der Waals surface area contributed by atoms with Crippen molar-refractivity contribution in [3.8, 4) is 0 Å². The normalized spacial score (nSPS) is 13.4. The van der Waals surface area contributed by atoms with Crippen LogP contribution >= 0.6 is 12.6 Å². The number of aromatic amines is 1. The minimum atomic E-state index is -1.23. The number of carbonyl (C=O) groups excluding carboxylic acids is 3. The van der Waals surface area contributed by atoms with E-state index in [1.54, 1.807) is 30.5 Å². The first-order valence-corrected chi connectivity index (χ1v) is 12.0. The average Bonchev–Trinajstić information content (AvgIpc) is 3.29. The Kier molecular flexibility index (Phi) is 9.48. The third-order valence-corrected chi connectivity index (χ3v) is 6.01. The van der Waals surface area contributed by atoms with Gasteiger partial charge in [0.2, 0.25) is 17.7 Å². The van der Waals surface area contributed by atoms with Crippen LogP contribution in [0, 0.1) is 0 Å². The lowest BCUT2D eigenvalue weighted by atomic mass is 10.0. The number of nitrogens with one attached hydrogen (secondary N) is 4. The number of hydrogen-bond donors (Lipinski definition) is 7. The summed E-state index contributed by atoms with van der Waals surface area (Å²) < 4.78 is 0. The van der Waals surface area contributed by atoms with Crippen LogP contribution in [0.15, 0.2) is 60.8 Å². The molecule has 1 aromatic heterocycles. The topological polar surface area (TPSA) is 166 Å². The lowest BCUT2D eigenvalue weighted by Crippen LogP contribution is -2.57. The van der Waals surface area contributed by atoms with Gasteiger partial charge in [-0.2, -0.15) is 12.6 Å². The van der Waals surface area contributed by atoms with Gasteiger partial charge in [-0.05, 0) is 17.2 Å². The largest absolute Gasteiger partial charge is 0.480 e. The summed E-state index contributed by atoms with van der Waals surface area (Å²) >= 11 is 4.16. The number of carboxylic acids is 1. The minimum Gasteiger partial charge on any atom is -0.480 e. The molecule has 3 rings (SSSR count). The SMILES string of the molecule is NCC(=O)NC(Cc1ccccc1)C(=O)NC(CS)C(=O)NC(Cc1c[nH]c2ccccc12)C(=O)O. The number of hydrogen-bond acceptors (Lipinski definition) is 6. The number of aromatic nitrogens is 1. The second-order valence-electron chi connectivity index (χ2n) is 8.22. The Morgan fingerprint density at radius 1 is 0.861 bits per heavy atom. The number of carbonyl (C=O) groups is 4. The smallest absolute Gasteiger partial charge is 0.326 e. The maximum Gasteiger partial charge on any atom is 0.326 e. The van der Waals surface area contributed by atoms with Crippen molar-refractivity contribution < 1.29 is 24.3 Å². The highest BCUT2D eigenvalue weighted by atomic mass is 32.1. The van der Waals surface area contributed by atoms with Crippen LogP contribution in [0.5, 0.6) is 0 Å². The molecule has 0 saturated carbocycles. The van der Waals surface area contributed by atoms with E-state index < -0.39 is 41.8 Å². The Hall–Kier alpha value is -3.83. The van der Waals surface area contributed by atoms with E-state index in [9.17, 15) is 24.3 Å². The molecule has 3 amide bonds. The number of thiol groups is 1. The molecule has 11 heteroatoms. The molecule has 3 aromatic rings. The predicted octanol–water partition coefficient (Wildman–Crippen LogP) is 0.381. The van der Waals surface area contributed by atoms with Gasteiger partial charge in [-0.25, -0.2) is 4.79 Å². The summed E-state index contributed by atoms with van der Waals surface area (Å²) in [5, 5.41) is 18.2. The second kappa shape index (κ2) is 12.8. The zero-order chi connectivity index (χ0) is 26.1. The minimum absolute atomic E-state index is 0.0432. The lowest BCUT2D eigenvalue weighted by Gasteiger charge is -2.23. The van der Waals surface area contributed by atoms with E-state index >= 15 is 0 Å². The highest BCUT2D eigenvalue weighted by Gasteiger charge is 2.29. The number of para-hydroxylation sites is 1. The van der Waals surface area contributed by atoms with Crippen LogP contribution in [-0.4, -0.2) is 64.2 Å². The number of benzene rings is 2. The van der Waals surface area contributed by atoms with E-state index in [2.05, 4.69) is 33.6 Å². The second-order valence-corrected chi connectivity index (χ2v) is 8.59. The highest BCUT2D eigenvalue weighted by Crippen LogP contribution is 2.19. The summed E-state index contributed by atoms with van der Waals surface area (Å²) in [5.74, 6) is -3.13. The van der Waals surface area contributed by atoms with Crippen molar-refractivity contribution in [3.05, 3.63) is 71.9 Å². The molecule has 3 unspecified atom stereocenters. The first-order valence-electron chi connectivity index (χ1n) is 11.3. The summed E-state index contributed by atoms with van der Waals surface area (Å²) in [7, 11) is 0. The van der Waals surface area contributed by atoms with Crippen molar-refractivity contribution in [3.63, 3.8) is 0 Å². The van der Waals surface area contributed by atoms with E-state index in [1.165, 1.54) is 0 Å². The fourth-order valence-corrected chi connectivity index (χ4v) is 4.03. The van der Waals surface area contributed by atoms with Crippen LogP contribution in [0.4, 0.5) is 0 Å². The van der Waals surface area contributed by atoms with Gasteiger partial charge in [-0.1, -0.05) is 48.5 Å². The quantitative estimate of drug-likeness (QED) is 0.174. The molecule has 0 aliphatic heterocycles. The Balaban J connectivity index is 1.69. The number of nitrogens with two attached hydrogens (primary N) is 1. The standard InChI is InChI=1S/C25H29N5O5S/c26-12-22(31)28-19(10-15-6-2-1-3-7-15)23(32)30-21(14-36)24(33)29-20(25(34)35)11-16-13-27-18-9-5-4-8-17(16)18/h1-9,13,19-21,27,36H,10-12,14,26H2,(H,28,31)(H,29,33)(H,30,32)(H,34,35). The number of H-pyrrole nitrogens is 1. The number of rotatable bonds is 12. The van der Waals surface area contributed by atoms with Crippen molar-refractivity contribution in [2.45, 2.75) is 31.0 Å². The van der Waals surface area contributed by atoms with Crippen molar-refractivity contribution in [1.29, 1.82) is 0 Å². The molecule has 0 aliphatic rings. The molecule has 0 spiro atoms. The van der Waals surface area contributed by atoms with Crippen LogP contribution in [0.2, 0.25) is 0 Å². The van der Waals surface area contributed by atoms with Crippen LogP contribution in [-0.2, 0) is 32.0 Å². The molecule has 190 valence electrons. The van der Waals surface area contributed by atoms with E-state index in [0.717, 1.165) is 22.0 Å². The maximum absolute atomic E-state index is 13.0. The van der Waals surface area contributed by atoms with Gasteiger partial charge in [0.1, 0.15) is 18.1 Å². The molecule has 0 radical (unpaired) electrons. The van der Waals surface area contributed by atoms with E-state index in [-0.39, 0.29) is 25.1 Å². The number of amides is 3. The van der Waals surface area contributed by atoms with Crippen LogP contribution in [0.1, 0.15) is 11.1 Å². The van der Waals surface area contributed by atoms with Gasteiger partial charge in [0, 0.05) is 35.7 Å². The van der Waals surface area contributed by atoms with Crippen molar-refractivity contribution >= 4 is 47.2 Å². The number of fused-ring (bicyclic) bond motifs is 1. The first kappa shape index (κ1) is 26.8. The fourth-order valence-electron chi connectivity index (χ4n) is 3.77. The van der Waals surface area contributed by atoms with Crippen molar-refractivity contribution in [2.75, 3.05) is 12.3 Å². The van der Waals surface area contributed by atoms with Crippen molar-refractivity contribution in [1.82, 2.24) is 20.9 Å². The average molecular weight is 512 g/mol. The molecular formula is C25H29N5O5S. The van der Waals surface area contributed by atoms with Gasteiger partial charge < -0.3 is 31.8 Å². The van der Waals surface area contributed by atoms with E-state index in [0.29, 0.717) is 0 Å². The fraction of sp³-hybridized carbons (Fsp3) is 0.280. The monoisotopic (exact) mass is 511 g/mol. The molecule has 3 atom stereocenters. The van der Waals surface area contributed by atoms with Gasteiger partial charge in [-0.3, -0.25) is 14.4 Å². The molecule has 0 aliphatic carbocycles. The number of carboxylic acid groups (broad SMARTS) is 1. The van der Waals surface area contributed by atoms with Gasteiger partial charge in [0.15, 0.2) is 0 Å². The number of aliphatic carboxylic acids is 1. The maximum atomic E-state index is 13.0. The summed E-state index contributed by atoms with van der Waals surface area (Å²) in [5.41, 5.74) is 7.77. The van der Waals surface area contributed by atoms with Crippen LogP contribution in [0.3, 0.4) is 0 Å². The Labute approximate surface area is 213 Å². The van der Waals surface area contributed by atoms with Gasteiger partial charge >= 0.3 is 5.97 Å². The zero-order valence-electron chi connectivity index (χ0n) is 19.4. The molecule has 0 bridgehead atoms. The van der Waals surface area contributed by atoms with Gasteiger partial charge in [-0.15, -0.1) is 0 Å². The Morgan fingerprint density at radius 3 is 2.17 bits per heavy atom. The molecule has 7 N–H and O–H groups in total. The molecule has 10 nitrogen and oxygen atoms in total. The first-order chi connectivity index (χ1) is 17.3. The highest BCUT2D eigenvalue weighted by molar-refractivity contribution is 7.80. The summed E-state index contributed by atoms with van der Waals surface area (Å²) in [6.07, 6.45) is 1.93. The van der Waals surface area contributed by atoms with E-state index in [1.807, 2.05) is 30.3 Å². The zero-order valence-corrected chi connectivity index (χ0v) is 20.3. The third kappa shape index (κ3) is 7.09. The molecule has 0 saturated heterocycles. The molecule has 2 aromatic carbocycles. The van der Waals surface area contributed by atoms with Crippen LogP contribution < -0.4 is 21.7 Å². The molecule has 0 fully saturated rings. The predicted molar refractivity (Wildman–Crippen MR) is 138 cm³/mol. The molecule has 1 heterocycles. The molecule has 36 heavy (non-hydrogen) atoms. The summed E-state index contributed by atoms with van der Waals surface area (Å²) in [6.45, 7) is -0.302. The Bertz CT molecular complexity index is 1220. The van der Waals surface area contributed by atoms with Crippen LogP contribution in [0.25, 0.3) is 10.9 Å². The van der Waals surface area contributed by atoms with Gasteiger partial charge in [0.25, 0.3) is 0 Å². The summed E-state index contributed by atoms with van der Waals surface area (Å²) in [6, 6.07) is 13.1. The lowest BCUT2D eigenvalue weighted by molar-refractivity contribution is -0.142. The van der Waals surface area contributed by atoms with Crippen molar-refractivity contribution in [2.24, 2.45) is 5.73 Å². The Morgan fingerprint density at radius 2 is 1.50 bits per heavy atom. The third-order valence-electron chi connectivity index (χ3n) is 5.65. The summed E-state index contributed by atoms with van der Waals surface area (Å²) in [4.78, 5) is 52.8. The van der Waals surface area contributed by atoms with E-state index in [4.69, 9.17) is 5.73 Å². The molecular weight excluding hydrogens is 482 g/mol. The van der Waals surface area contributed by atoms with Gasteiger partial charge in [0.05, 0.1) is 6.54 Å².